The summed E-state index contributed by atoms with van der Waals surface area (Å²) >= 11 is -2.39. The monoisotopic (exact) mass is 476 g/mol. The number of unbranched alkanes of at least 4 members (excludes halogenated alkanes) is 3. The molecule has 0 aliphatic carbocycles. The molecule has 3 heteroatoms. The second kappa shape index (κ2) is 11.1. The first-order valence-electron chi connectivity index (χ1n) is 10.7. The number of methoxy groups -OCH3 is 1. The summed E-state index contributed by atoms with van der Waals surface area (Å²) < 4.78 is 11.0. The Morgan fingerprint density at radius 3 is 1.85 bits per heavy atom. The van der Waals surface area contributed by atoms with E-state index in [1.165, 1.54) is 64.3 Å². The third-order valence-corrected chi connectivity index (χ3v) is 21.5. The Morgan fingerprint density at radius 1 is 0.815 bits per heavy atom. The molecule has 0 atom stereocenters. The molecule has 2 nitrogen and oxygen atoms in total. The van der Waals surface area contributed by atoms with Gasteiger partial charge in [-0.1, -0.05) is 0 Å². The van der Waals surface area contributed by atoms with Crippen LogP contribution >= 0.6 is 0 Å². The van der Waals surface area contributed by atoms with Crippen molar-refractivity contribution >= 4 is 38.7 Å². The van der Waals surface area contributed by atoms with E-state index < -0.39 is 18.4 Å². The number of hydrogen-bond acceptors (Lipinski definition) is 2. The van der Waals surface area contributed by atoms with Gasteiger partial charge in [0.05, 0.1) is 0 Å². The van der Waals surface area contributed by atoms with Crippen molar-refractivity contribution in [2.45, 2.75) is 72.6 Å². The predicted molar refractivity (Wildman–Crippen MR) is 120 cm³/mol. The minimum atomic E-state index is -2.39. The minimum absolute atomic E-state index is 0.261. The number of hydrogen-bond donors (Lipinski definition) is 0. The van der Waals surface area contributed by atoms with E-state index in [4.69, 9.17) is 4.74 Å². The van der Waals surface area contributed by atoms with Gasteiger partial charge in [0.2, 0.25) is 0 Å². The molecule has 0 saturated carbocycles. The summed E-state index contributed by atoms with van der Waals surface area (Å²) in [6.45, 7) is 6.97. The maximum atomic E-state index is 11.8. The fourth-order valence-corrected chi connectivity index (χ4v) is 20.2. The van der Waals surface area contributed by atoms with E-state index in [9.17, 15) is 4.79 Å². The van der Waals surface area contributed by atoms with Gasteiger partial charge < -0.3 is 0 Å². The van der Waals surface area contributed by atoms with Crippen LogP contribution in [-0.4, -0.2) is 31.5 Å². The molecule has 148 valence electrons. The predicted octanol–water partition coefficient (Wildman–Crippen LogP) is 6.68. The zero-order chi connectivity index (χ0) is 19.7. The zero-order valence-corrected chi connectivity index (χ0v) is 20.5. The number of benzene rings is 2. The molecule has 0 N–H and O–H groups in total. The van der Waals surface area contributed by atoms with E-state index >= 15 is 0 Å². The van der Waals surface area contributed by atoms with Gasteiger partial charge in [-0.3, -0.25) is 0 Å². The molecule has 0 bridgehead atoms. The molecule has 0 fully saturated rings. The molecular weight excluding hydrogens is 439 g/mol. The fourth-order valence-electron chi connectivity index (χ4n) is 4.17. The van der Waals surface area contributed by atoms with Crippen LogP contribution in [0.3, 0.4) is 0 Å². The Hall–Kier alpha value is -1.03. The molecule has 27 heavy (non-hydrogen) atoms. The third kappa shape index (κ3) is 5.72. The number of ether oxygens (including phenoxy) is 1. The van der Waals surface area contributed by atoms with Crippen molar-refractivity contribution in [1.29, 1.82) is 0 Å². The van der Waals surface area contributed by atoms with E-state index in [1.807, 2.05) is 12.1 Å². The molecule has 2 rings (SSSR count). The number of esters is 1. The van der Waals surface area contributed by atoms with Crippen molar-refractivity contribution in [1.82, 2.24) is 0 Å². The van der Waals surface area contributed by atoms with E-state index in [0.29, 0.717) is 5.56 Å². The van der Waals surface area contributed by atoms with Crippen molar-refractivity contribution in [2.24, 2.45) is 0 Å². The molecule has 0 aromatic heterocycles. The SMILES string of the molecule is CCC[CH2][Sn]([CH2]CCC)([CH2]CCC)[c]1ccc2cc(C(=O)OC)ccc2c1. The Bertz CT molecular complexity index is 716. The van der Waals surface area contributed by atoms with Crippen molar-refractivity contribution in [3.8, 4) is 0 Å². The van der Waals surface area contributed by atoms with Crippen LogP contribution in [0.25, 0.3) is 10.8 Å². The van der Waals surface area contributed by atoms with Gasteiger partial charge in [0, 0.05) is 0 Å². The molecular formula is C24H36O2Sn. The molecule has 0 spiro atoms. The van der Waals surface area contributed by atoms with Crippen molar-refractivity contribution < 1.29 is 9.53 Å². The van der Waals surface area contributed by atoms with Crippen LogP contribution in [0.5, 0.6) is 0 Å². The Morgan fingerprint density at radius 2 is 1.33 bits per heavy atom. The normalized spacial score (nSPS) is 11.7. The molecule has 0 unspecified atom stereocenters. The van der Waals surface area contributed by atoms with Crippen LogP contribution in [0.2, 0.25) is 13.3 Å². The second-order valence-corrected chi connectivity index (χ2v) is 21.1. The van der Waals surface area contributed by atoms with Crippen LogP contribution in [0.15, 0.2) is 36.4 Å². The van der Waals surface area contributed by atoms with E-state index in [0.717, 1.165) is 5.39 Å². The van der Waals surface area contributed by atoms with Gasteiger partial charge >= 0.3 is 170 Å². The molecule has 2 aromatic carbocycles. The first kappa shape index (κ1) is 22.3. The second-order valence-electron chi connectivity index (χ2n) is 7.86. The van der Waals surface area contributed by atoms with Crippen molar-refractivity contribution in [3.05, 3.63) is 42.0 Å². The van der Waals surface area contributed by atoms with Crippen LogP contribution in [0.4, 0.5) is 0 Å². The molecule has 2 aromatic rings. The number of carbonyl (C=O) groups excluding carboxylic acids is 1. The van der Waals surface area contributed by atoms with Gasteiger partial charge in [-0.15, -0.1) is 0 Å². The van der Waals surface area contributed by atoms with E-state index in [1.54, 1.807) is 3.58 Å². The molecule has 0 radical (unpaired) electrons. The summed E-state index contributed by atoms with van der Waals surface area (Å²) in [7, 11) is 1.44. The molecule has 0 heterocycles. The van der Waals surface area contributed by atoms with Crippen LogP contribution in [0, 0.1) is 0 Å². The Balaban J connectivity index is 2.45. The van der Waals surface area contributed by atoms with E-state index in [-0.39, 0.29) is 5.97 Å². The van der Waals surface area contributed by atoms with Crippen LogP contribution in [-0.2, 0) is 4.74 Å². The number of fused-ring (bicyclic) bond motifs is 1. The zero-order valence-electron chi connectivity index (χ0n) is 17.6. The molecule has 0 amide bonds. The van der Waals surface area contributed by atoms with Gasteiger partial charge in [0.25, 0.3) is 0 Å². The summed E-state index contributed by atoms with van der Waals surface area (Å²) in [5.74, 6) is -0.261. The fraction of sp³-hybridized carbons (Fsp3) is 0.542. The molecule has 0 aliphatic rings. The topological polar surface area (TPSA) is 26.3 Å². The Kier molecular flexibility index (Phi) is 9.14. The van der Waals surface area contributed by atoms with Crippen molar-refractivity contribution in [3.63, 3.8) is 0 Å². The number of carbonyl (C=O) groups is 1. The molecule has 0 saturated heterocycles. The van der Waals surface area contributed by atoms with E-state index in [2.05, 4.69) is 45.0 Å². The average Bonchev–Trinajstić information content (AvgIpc) is 2.72. The van der Waals surface area contributed by atoms with Gasteiger partial charge in [0.1, 0.15) is 0 Å². The maximum absolute atomic E-state index is 11.8. The summed E-state index contributed by atoms with van der Waals surface area (Å²) in [6, 6.07) is 13.1. The summed E-state index contributed by atoms with van der Waals surface area (Å²) in [5, 5.41) is 2.41. The van der Waals surface area contributed by atoms with Gasteiger partial charge in [-0.05, 0) is 0 Å². The van der Waals surface area contributed by atoms with Gasteiger partial charge in [-0.25, -0.2) is 0 Å². The number of rotatable bonds is 11. The van der Waals surface area contributed by atoms with Gasteiger partial charge in [-0.2, -0.15) is 0 Å². The van der Waals surface area contributed by atoms with Gasteiger partial charge in [0.15, 0.2) is 0 Å². The Labute approximate surface area is 169 Å². The first-order valence-corrected chi connectivity index (χ1v) is 18.2. The summed E-state index contributed by atoms with van der Waals surface area (Å²) in [6.07, 6.45) is 8.03. The summed E-state index contributed by atoms with van der Waals surface area (Å²) in [5.41, 5.74) is 0.635. The van der Waals surface area contributed by atoms with Crippen molar-refractivity contribution in [2.75, 3.05) is 7.11 Å². The average molecular weight is 475 g/mol. The quantitative estimate of drug-likeness (QED) is 0.268. The van der Waals surface area contributed by atoms with Crippen LogP contribution < -0.4 is 3.58 Å². The summed E-state index contributed by atoms with van der Waals surface area (Å²) in [4.78, 5) is 11.8. The first-order chi connectivity index (χ1) is 13.1. The third-order valence-electron chi connectivity index (χ3n) is 5.90. The standard InChI is InChI=1S/C12H9O2.3C4H9.Sn/c1-14-12(13)11-7-6-9-4-2-3-5-10(9)8-11;3*1-3-4-2;/h3-8H,1H3;3*1,3-4H2,2H3;. The van der Waals surface area contributed by atoms with Crippen LogP contribution in [0.1, 0.15) is 69.7 Å². The molecule has 0 aliphatic heterocycles.